The Hall–Kier alpha value is -3.69. The van der Waals surface area contributed by atoms with Crippen LogP contribution in [0.5, 0.6) is 0 Å². The van der Waals surface area contributed by atoms with Gasteiger partial charge in [0.05, 0.1) is 24.1 Å². The second-order valence-electron chi connectivity index (χ2n) is 7.39. The number of aromatic nitrogens is 4. The highest BCUT2D eigenvalue weighted by Gasteiger charge is 2.44. The molecule has 5 N–H and O–H groups in total. The van der Waals surface area contributed by atoms with Gasteiger partial charge < -0.3 is 25.4 Å². The van der Waals surface area contributed by atoms with Crippen molar-refractivity contribution in [2.75, 3.05) is 19.1 Å². The molecule has 2 aliphatic heterocycles. The summed E-state index contributed by atoms with van der Waals surface area (Å²) >= 11 is 0. The van der Waals surface area contributed by atoms with Crippen LogP contribution in [-0.4, -0.2) is 78.3 Å². The zero-order valence-corrected chi connectivity index (χ0v) is 16.8. The van der Waals surface area contributed by atoms with Crippen LogP contribution in [-0.2, 0) is 14.3 Å². The van der Waals surface area contributed by atoms with Gasteiger partial charge in [0.25, 0.3) is 17.4 Å². The third kappa shape index (κ3) is 3.46. The first-order valence-corrected chi connectivity index (χ1v) is 9.79. The van der Waals surface area contributed by atoms with E-state index in [9.17, 15) is 24.6 Å². The number of imidazole rings is 1. The molecule has 1 aromatic carbocycles. The number of aromatic amines is 1. The van der Waals surface area contributed by atoms with Crippen LogP contribution < -0.4 is 11.3 Å². The van der Waals surface area contributed by atoms with E-state index >= 15 is 0 Å². The molecule has 0 radical (unpaired) electrons. The van der Waals surface area contributed by atoms with Gasteiger partial charge in [0.2, 0.25) is 5.95 Å². The van der Waals surface area contributed by atoms with Crippen molar-refractivity contribution in [2.45, 2.75) is 24.5 Å². The Morgan fingerprint density at radius 3 is 2.52 bits per heavy atom. The number of hydrogen-bond donors (Lipinski definition) is 4. The molecule has 1 saturated heterocycles. The van der Waals surface area contributed by atoms with Crippen LogP contribution >= 0.6 is 0 Å². The number of H-pyrrole nitrogens is 1. The van der Waals surface area contributed by atoms with Crippen molar-refractivity contribution in [3.8, 4) is 0 Å². The van der Waals surface area contributed by atoms with Crippen molar-refractivity contribution in [3.63, 3.8) is 0 Å². The number of nitrogens with two attached hydrogens (primary N) is 1. The number of ether oxygens (including phenoxy) is 2. The third-order valence-electron chi connectivity index (χ3n) is 5.37. The van der Waals surface area contributed by atoms with Crippen LogP contribution in [0.1, 0.15) is 26.9 Å². The van der Waals surface area contributed by atoms with Gasteiger partial charge in [-0.05, 0) is 12.1 Å². The normalized spacial score (nSPS) is 24.7. The maximum atomic E-state index is 12.3. The van der Waals surface area contributed by atoms with Crippen molar-refractivity contribution in [2.24, 2.45) is 0 Å². The highest BCUT2D eigenvalue weighted by Crippen LogP contribution is 2.31. The average molecular weight is 458 g/mol. The van der Waals surface area contributed by atoms with Gasteiger partial charge in [-0.2, -0.15) is 4.98 Å². The smallest absolute Gasteiger partial charge is 0.285 e. The van der Waals surface area contributed by atoms with E-state index in [2.05, 4.69) is 15.0 Å². The molecule has 4 atom stereocenters. The minimum atomic E-state index is -1.39. The molecule has 0 bridgehead atoms. The molecule has 0 unspecified atom stereocenters. The summed E-state index contributed by atoms with van der Waals surface area (Å²) < 4.78 is 12.3. The number of carbonyl (C=O) groups is 2. The molecule has 2 amide bonds. The second kappa shape index (κ2) is 8.02. The summed E-state index contributed by atoms with van der Waals surface area (Å²) in [5.41, 5.74) is 5.53. The Morgan fingerprint density at radius 1 is 1.12 bits per heavy atom. The molecule has 0 aliphatic carbocycles. The summed E-state index contributed by atoms with van der Waals surface area (Å²) in [6.45, 7) is -0.721. The largest absolute Gasteiger partial charge is 0.387 e. The third-order valence-corrected chi connectivity index (χ3v) is 5.37. The fourth-order valence-electron chi connectivity index (χ4n) is 3.76. The lowest BCUT2D eigenvalue weighted by atomic mass is 10.1. The Kier molecular flexibility index (Phi) is 5.15. The molecule has 33 heavy (non-hydrogen) atoms. The van der Waals surface area contributed by atoms with Gasteiger partial charge in [0.15, 0.2) is 24.2 Å². The van der Waals surface area contributed by atoms with E-state index in [1.165, 1.54) is 23.0 Å². The standard InChI is InChI=1S/C19H18N6O8/c20-19-22-14-11(15(28)23-19)21-6-24(14)18-13(27)12(26)10(33-18)5-31-7-32-25-16(29)8-3-1-2-4-9(8)17(25)30/h1-4,6,10,12-13,18,26-27H,5,7H2,(H3,20,22,23,28)/t10-,12-,13-,18-/m1/s1. The number of aliphatic hydroxyl groups excluding tert-OH is 2. The summed E-state index contributed by atoms with van der Waals surface area (Å²) in [6.07, 6.45) is -3.62. The van der Waals surface area contributed by atoms with Gasteiger partial charge in [0.1, 0.15) is 18.3 Å². The Bertz CT molecular complexity index is 1270. The summed E-state index contributed by atoms with van der Waals surface area (Å²) in [5.74, 6) is -1.37. The van der Waals surface area contributed by atoms with Crippen LogP contribution in [0.15, 0.2) is 35.4 Å². The number of nitrogens with one attached hydrogen (secondary N) is 1. The highest BCUT2D eigenvalue weighted by molar-refractivity contribution is 6.20. The molecule has 0 saturated carbocycles. The summed E-state index contributed by atoms with van der Waals surface area (Å²) in [6, 6.07) is 6.29. The summed E-state index contributed by atoms with van der Waals surface area (Å²) in [5, 5.41) is 21.4. The van der Waals surface area contributed by atoms with Gasteiger partial charge in [0, 0.05) is 0 Å². The maximum Gasteiger partial charge on any atom is 0.285 e. The molecule has 5 rings (SSSR count). The van der Waals surface area contributed by atoms with Crippen molar-refractivity contribution < 1.29 is 34.1 Å². The predicted octanol–water partition coefficient (Wildman–Crippen LogP) is -1.48. The van der Waals surface area contributed by atoms with Gasteiger partial charge in [-0.3, -0.25) is 23.9 Å². The molecular formula is C19H18N6O8. The molecular weight excluding hydrogens is 440 g/mol. The van der Waals surface area contributed by atoms with Crippen LogP contribution in [0.4, 0.5) is 5.95 Å². The summed E-state index contributed by atoms with van der Waals surface area (Å²) in [4.78, 5) is 51.9. The molecule has 14 nitrogen and oxygen atoms in total. The van der Waals surface area contributed by atoms with E-state index in [0.717, 1.165) is 0 Å². The van der Waals surface area contributed by atoms with Crippen molar-refractivity contribution >= 4 is 28.9 Å². The second-order valence-corrected chi connectivity index (χ2v) is 7.39. The first-order valence-electron chi connectivity index (χ1n) is 9.79. The number of hydrogen-bond acceptors (Lipinski definition) is 11. The summed E-state index contributed by atoms with van der Waals surface area (Å²) in [7, 11) is 0. The zero-order chi connectivity index (χ0) is 23.3. The Morgan fingerprint density at radius 2 is 1.82 bits per heavy atom. The Balaban J connectivity index is 1.21. The van der Waals surface area contributed by atoms with Crippen LogP contribution in [0.2, 0.25) is 0 Å². The first kappa shape index (κ1) is 21.2. The number of carbonyl (C=O) groups excluding carboxylic acids is 2. The molecule has 3 aromatic rings. The molecule has 2 aromatic heterocycles. The van der Waals surface area contributed by atoms with E-state index < -0.39 is 48.7 Å². The maximum absolute atomic E-state index is 12.3. The molecule has 1 fully saturated rings. The fourth-order valence-corrected chi connectivity index (χ4v) is 3.76. The number of hydroxylamine groups is 2. The average Bonchev–Trinajstić information content (AvgIpc) is 3.41. The number of nitrogen functional groups attached to an aromatic ring is 1. The fraction of sp³-hybridized carbons (Fsp3) is 0.316. The topological polar surface area (TPSA) is 195 Å². The van der Waals surface area contributed by atoms with E-state index in [4.69, 9.17) is 20.0 Å². The monoisotopic (exact) mass is 458 g/mol. The zero-order valence-electron chi connectivity index (χ0n) is 16.8. The highest BCUT2D eigenvalue weighted by atomic mass is 16.8. The minimum Gasteiger partial charge on any atom is -0.387 e. The number of amides is 2. The first-order chi connectivity index (χ1) is 15.9. The van der Waals surface area contributed by atoms with E-state index in [0.29, 0.717) is 5.06 Å². The van der Waals surface area contributed by atoms with Crippen LogP contribution in [0.3, 0.4) is 0 Å². The van der Waals surface area contributed by atoms with E-state index in [1.54, 1.807) is 12.1 Å². The lowest BCUT2D eigenvalue weighted by Gasteiger charge is -2.17. The van der Waals surface area contributed by atoms with Gasteiger partial charge in [-0.25, -0.2) is 9.82 Å². The van der Waals surface area contributed by atoms with E-state index in [1.807, 2.05) is 0 Å². The number of aliphatic hydroxyl groups is 2. The molecule has 2 aliphatic rings. The lowest BCUT2D eigenvalue weighted by Crippen LogP contribution is -2.35. The quantitative estimate of drug-likeness (QED) is 0.191. The number of rotatable bonds is 6. The molecule has 14 heteroatoms. The van der Waals surface area contributed by atoms with Crippen molar-refractivity contribution in [1.82, 2.24) is 24.6 Å². The van der Waals surface area contributed by atoms with Gasteiger partial charge in [-0.1, -0.05) is 12.1 Å². The van der Waals surface area contributed by atoms with E-state index in [-0.39, 0.29) is 34.8 Å². The van der Waals surface area contributed by atoms with Crippen LogP contribution in [0, 0.1) is 0 Å². The van der Waals surface area contributed by atoms with Crippen LogP contribution in [0.25, 0.3) is 11.2 Å². The molecule has 4 heterocycles. The van der Waals surface area contributed by atoms with Crippen molar-refractivity contribution in [1.29, 1.82) is 0 Å². The number of nitrogens with zero attached hydrogens (tertiary/aromatic N) is 4. The SMILES string of the molecule is Nc1nc2c(ncn2[C@@H]2O[C@H](COCON3C(=O)c4ccccc4C3=O)[C@@H](O)[C@H]2O)c(=O)[nH]1. The molecule has 172 valence electrons. The molecule has 0 spiro atoms. The predicted molar refractivity (Wildman–Crippen MR) is 107 cm³/mol. The van der Waals surface area contributed by atoms with Gasteiger partial charge >= 0.3 is 0 Å². The minimum absolute atomic E-state index is 0.0106. The number of fused-ring (bicyclic) bond motifs is 2. The Labute approximate surface area is 184 Å². The number of anilines is 1. The van der Waals surface area contributed by atoms with Gasteiger partial charge in [-0.15, -0.1) is 5.06 Å². The number of imide groups is 1. The lowest BCUT2D eigenvalue weighted by molar-refractivity contribution is -0.184. The van der Waals surface area contributed by atoms with Crippen molar-refractivity contribution in [3.05, 3.63) is 52.1 Å². The number of benzene rings is 1.